The van der Waals surface area contributed by atoms with Gasteiger partial charge in [-0.1, -0.05) is 6.07 Å². The van der Waals surface area contributed by atoms with Crippen LogP contribution in [-0.4, -0.2) is 9.97 Å². The number of pyridine rings is 2. The van der Waals surface area contributed by atoms with Gasteiger partial charge >= 0.3 is 0 Å². The lowest BCUT2D eigenvalue weighted by molar-refractivity contribution is 1.05. The van der Waals surface area contributed by atoms with Crippen LogP contribution >= 0.6 is 0 Å². The molecule has 0 saturated carbocycles. The topological polar surface area (TPSA) is 51.8 Å². The first-order valence-corrected chi connectivity index (χ1v) is 4.87. The fourth-order valence-electron chi connectivity index (χ4n) is 1.44. The number of hydrogen-bond donors (Lipinski definition) is 1. The normalized spacial score (nSPS) is 10.3. The van der Waals surface area contributed by atoms with Gasteiger partial charge in [0.2, 0.25) is 0 Å². The molecule has 15 heavy (non-hydrogen) atoms. The van der Waals surface area contributed by atoms with Gasteiger partial charge < -0.3 is 5.73 Å². The monoisotopic (exact) mass is 199 g/mol. The predicted molar refractivity (Wildman–Crippen MR) is 60.1 cm³/mol. The fourth-order valence-corrected chi connectivity index (χ4v) is 1.44. The third kappa shape index (κ3) is 2.19. The Morgan fingerprint density at radius 2 is 2.13 bits per heavy atom. The van der Waals surface area contributed by atoms with E-state index in [0.717, 1.165) is 22.5 Å². The van der Waals surface area contributed by atoms with Crippen LogP contribution in [0.25, 0.3) is 11.3 Å². The summed E-state index contributed by atoms with van der Waals surface area (Å²) in [6.45, 7) is 2.48. The van der Waals surface area contributed by atoms with E-state index >= 15 is 0 Å². The molecule has 2 aromatic rings. The molecule has 0 radical (unpaired) electrons. The quantitative estimate of drug-likeness (QED) is 0.803. The zero-order valence-electron chi connectivity index (χ0n) is 8.64. The second-order valence-electron chi connectivity index (χ2n) is 3.45. The molecule has 0 aliphatic rings. The molecular weight excluding hydrogens is 186 g/mol. The van der Waals surface area contributed by atoms with Crippen molar-refractivity contribution in [1.82, 2.24) is 9.97 Å². The maximum absolute atomic E-state index is 5.57. The molecule has 0 unspecified atom stereocenters. The Labute approximate surface area is 89.0 Å². The molecule has 3 heteroatoms. The van der Waals surface area contributed by atoms with Gasteiger partial charge in [0.25, 0.3) is 0 Å². The van der Waals surface area contributed by atoms with Crippen molar-refractivity contribution < 1.29 is 0 Å². The Kier molecular flexibility index (Phi) is 2.74. The second-order valence-corrected chi connectivity index (χ2v) is 3.45. The van der Waals surface area contributed by atoms with Crippen LogP contribution in [0.4, 0.5) is 0 Å². The molecule has 76 valence electrons. The van der Waals surface area contributed by atoms with E-state index in [4.69, 9.17) is 5.73 Å². The van der Waals surface area contributed by atoms with Crippen molar-refractivity contribution in [1.29, 1.82) is 0 Å². The summed E-state index contributed by atoms with van der Waals surface area (Å²) < 4.78 is 0. The van der Waals surface area contributed by atoms with Gasteiger partial charge in [-0.05, 0) is 30.7 Å². The Hall–Kier alpha value is -1.74. The van der Waals surface area contributed by atoms with Crippen molar-refractivity contribution in [2.75, 3.05) is 0 Å². The largest absolute Gasteiger partial charge is 0.326 e. The third-order valence-electron chi connectivity index (χ3n) is 2.21. The molecule has 2 aromatic heterocycles. The summed E-state index contributed by atoms with van der Waals surface area (Å²) in [6.07, 6.45) is 3.58. The molecule has 2 heterocycles. The summed E-state index contributed by atoms with van der Waals surface area (Å²) in [5, 5.41) is 0. The number of aromatic nitrogens is 2. The molecule has 0 aromatic carbocycles. The van der Waals surface area contributed by atoms with Crippen molar-refractivity contribution in [3.05, 3.63) is 47.9 Å². The minimum absolute atomic E-state index is 0.507. The van der Waals surface area contributed by atoms with Gasteiger partial charge in [-0.15, -0.1) is 0 Å². The van der Waals surface area contributed by atoms with Crippen LogP contribution in [0.5, 0.6) is 0 Å². The first-order chi connectivity index (χ1) is 7.29. The van der Waals surface area contributed by atoms with Gasteiger partial charge in [0.05, 0.1) is 5.69 Å². The molecule has 0 spiro atoms. The van der Waals surface area contributed by atoms with Crippen LogP contribution in [0, 0.1) is 6.92 Å². The number of hydrogen-bond acceptors (Lipinski definition) is 3. The Morgan fingerprint density at radius 1 is 1.27 bits per heavy atom. The SMILES string of the molecule is Cc1cccc(-c2cncc(CN)c2)n1. The van der Waals surface area contributed by atoms with Crippen LogP contribution in [0.2, 0.25) is 0 Å². The summed E-state index contributed by atoms with van der Waals surface area (Å²) in [7, 11) is 0. The van der Waals surface area contributed by atoms with Crippen molar-refractivity contribution in [3.63, 3.8) is 0 Å². The maximum Gasteiger partial charge on any atom is 0.0720 e. The van der Waals surface area contributed by atoms with Crippen molar-refractivity contribution in [2.24, 2.45) is 5.73 Å². The molecule has 0 aliphatic carbocycles. The van der Waals surface area contributed by atoms with E-state index in [1.807, 2.05) is 31.2 Å². The van der Waals surface area contributed by atoms with E-state index in [-0.39, 0.29) is 0 Å². The fraction of sp³-hybridized carbons (Fsp3) is 0.167. The molecular formula is C12H13N3. The van der Waals surface area contributed by atoms with Gasteiger partial charge in [0.1, 0.15) is 0 Å². The van der Waals surface area contributed by atoms with E-state index in [1.165, 1.54) is 0 Å². The van der Waals surface area contributed by atoms with E-state index in [2.05, 4.69) is 9.97 Å². The molecule has 0 bridgehead atoms. The number of rotatable bonds is 2. The van der Waals surface area contributed by atoms with Gasteiger partial charge in [-0.3, -0.25) is 9.97 Å². The van der Waals surface area contributed by atoms with Crippen LogP contribution < -0.4 is 5.73 Å². The number of aryl methyl sites for hydroxylation is 1. The molecule has 2 rings (SSSR count). The zero-order chi connectivity index (χ0) is 10.7. The summed E-state index contributed by atoms with van der Waals surface area (Å²) >= 11 is 0. The predicted octanol–water partition coefficient (Wildman–Crippen LogP) is 1.91. The third-order valence-corrected chi connectivity index (χ3v) is 2.21. The van der Waals surface area contributed by atoms with Gasteiger partial charge in [0, 0.05) is 30.2 Å². The average molecular weight is 199 g/mol. The highest BCUT2D eigenvalue weighted by atomic mass is 14.7. The van der Waals surface area contributed by atoms with E-state index in [9.17, 15) is 0 Å². The van der Waals surface area contributed by atoms with Crippen LogP contribution in [0.15, 0.2) is 36.7 Å². The smallest absolute Gasteiger partial charge is 0.0720 e. The minimum Gasteiger partial charge on any atom is -0.326 e. The highest BCUT2D eigenvalue weighted by Gasteiger charge is 2.00. The summed E-state index contributed by atoms with van der Waals surface area (Å²) in [6, 6.07) is 7.97. The van der Waals surface area contributed by atoms with Gasteiger partial charge in [-0.2, -0.15) is 0 Å². The lowest BCUT2D eigenvalue weighted by atomic mass is 10.1. The molecule has 0 saturated heterocycles. The molecule has 0 amide bonds. The Morgan fingerprint density at radius 3 is 2.87 bits per heavy atom. The summed E-state index contributed by atoms with van der Waals surface area (Å²) in [4.78, 5) is 8.58. The van der Waals surface area contributed by atoms with E-state index < -0.39 is 0 Å². The minimum atomic E-state index is 0.507. The zero-order valence-corrected chi connectivity index (χ0v) is 8.64. The van der Waals surface area contributed by atoms with E-state index in [1.54, 1.807) is 12.4 Å². The first-order valence-electron chi connectivity index (χ1n) is 4.87. The summed E-state index contributed by atoms with van der Waals surface area (Å²) in [5.74, 6) is 0. The maximum atomic E-state index is 5.57. The van der Waals surface area contributed by atoms with Crippen molar-refractivity contribution >= 4 is 0 Å². The lowest BCUT2D eigenvalue weighted by Gasteiger charge is -2.03. The van der Waals surface area contributed by atoms with Crippen LogP contribution in [0.3, 0.4) is 0 Å². The average Bonchev–Trinajstić information content (AvgIpc) is 2.29. The lowest BCUT2D eigenvalue weighted by Crippen LogP contribution is -1.97. The molecule has 0 fully saturated rings. The van der Waals surface area contributed by atoms with E-state index in [0.29, 0.717) is 6.54 Å². The number of nitrogens with two attached hydrogens (primary N) is 1. The van der Waals surface area contributed by atoms with Gasteiger partial charge in [-0.25, -0.2) is 0 Å². The molecule has 0 atom stereocenters. The van der Waals surface area contributed by atoms with Crippen LogP contribution in [-0.2, 0) is 6.54 Å². The highest BCUT2D eigenvalue weighted by Crippen LogP contribution is 2.16. The van der Waals surface area contributed by atoms with Gasteiger partial charge in [0.15, 0.2) is 0 Å². The van der Waals surface area contributed by atoms with Crippen LogP contribution in [0.1, 0.15) is 11.3 Å². The molecule has 3 nitrogen and oxygen atoms in total. The number of nitrogens with zero attached hydrogens (tertiary/aromatic N) is 2. The molecule has 2 N–H and O–H groups in total. The first kappa shape index (κ1) is 9.80. The summed E-state index contributed by atoms with van der Waals surface area (Å²) in [5.41, 5.74) is 9.55. The Bertz CT molecular complexity index is 466. The highest BCUT2D eigenvalue weighted by molar-refractivity contribution is 5.58. The van der Waals surface area contributed by atoms with Crippen molar-refractivity contribution in [3.8, 4) is 11.3 Å². The Balaban J connectivity index is 2.44. The van der Waals surface area contributed by atoms with Crippen molar-refractivity contribution in [2.45, 2.75) is 13.5 Å². The molecule has 0 aliphatic heterocycles. The standard InChI is InChI=1S/C12H13N3/c1-9-3-2-4-12(15-9)11-5-10(6-13)7-14-8-11/h2-5,7-8H,6,13H2,1H3. The second kappa shape index (κ2) is 4.19.